The van der Waals surface area contributed by atoms with Crippen LogP contribution in [0.2, 0.25) is 0 Å². The Morgan fingerprint density at radius 2 is 1.81 bits per heavy atom. The summed E-state index contributed by atoms with van der Waals surface area (Å²) < 4.78 is 11.0. The van der Waals surface area contributed by atoms with E-state index >= 15 is 0 Å². The van der Waals surface area contributed by atoms with Crippen molar-refractivity contribution in [2.24, 2.45) is 28.6 Å². The Morgan fingerprint density at radius 3 is 2.51 bits per heavy atom. The minimum absolute atomic E-state index is 0.0136. The molecule has 1 aliphatic heterocycles. The molecule has 4 aliphatic carbocycles. The summed E-state index contributed by atoms with van der Waals surface area (Å²) in [5.74, 6) is -3.16. The van der Waals surface area contributed by atoms with Crippen LogP contribution in [-0.4, -0.2) is 88.6 Å². The lowest BCUT2D eigenvalue weighted by Crippen LogP contribution is -2.62. The van der Waals surface area contributed by atoms with Gasteiger partial charge in [0, 0.05) is 41.9 Å². The van der Waals surface area contributed by atoms with E-state index in [0.717, 1.165) is 29.0 Å². The van der Waals surface area contributed by atoms with Crippen LogP contribution in [0.3, 0.4) is 0 Å². The smallest absolute Gasteiger partial charge is 0.325 e. The normalized spacial score (nSPS) is 36.1. The van der Waals surface area contributed by atoms with Gasteiger partial charge in [-0.1, -0.05) is 25.5 Å². The molecule has 7 atom stereocenters. The molecule has 3 saturated carbocycles. The number of rotatable bonds is 10. The molecule has 0 bridgehead atoms. The zero-order valence-corrected chi connectivity index (χ0v) is 24.4. The molecule has 3 N–H and O–H groups in total. The second-order valence-electron chi connectivity index (χ2n) is 12.6. The predicted molar refractivity (Wildman–Crippen MR) is 148 cm³/mol. The largest absolute Gasteiger partial charge is 0.456 e. The summed E-state index contributed by atoms with van der Waals surface area (Å²) in [6, 6.07) is 0. The van der Waals surface area contributed by atoms with Crippen LogP contribution in [0.1, 0.15) is 52.4 Å². The molecule has 0 saturated heterocycles. The number of Topliss-reactive ketones (excluding diaryl/α,β-unsaturated/α-hetero) is 1. The number of fused-ring (bicyclic) bond motifs is 5. The molecule has 0 aromatic heterocycles. The van der Waals surface area contributed by atoms with Crippen molar-refractivity contribution >= 4 is 35.3 Å². The van der Waals surface area contributed by atoms with Crippen LogP contribution in [0.5, 0.6) is 0 Å². The van der Waals surface area contributed by atoms with Crippen molar-refractivity contribution in [1.82, 2.24) is 10.2 Å². The average molecular weight is 599 g/mol. The number of esters is 1. The van der Waals surface area contributed by atoms with Gasteiger partial charge in [0.15, 0.2) is 12.4 Å². The number of ketones is 2. The zero-order chi connectivity index (χ0) is 31.2. The summed E-state index contributed by atoms with van der Waals surface area (Å²) >= 11 is 0. The highest BCUT2D eigenvalue weighted by Crippen LogP contribution is 2.67. The molecule has 0 spiro atoms. The lowest BCUT2D eigenvalue weighted by Gasteiger charge is -2.60. The lowest BCUT2D eigenvalue weighted by molar-refractivity contribution is -0.211. The second-order valence-corrected chi connectivity index (χ2v) is 12.6. The SMILES string of the molecule is CC12C=CC(=O)C=C1CCC1C2C(O)CC2(C)C1CCC2(OCO)C(=O)COC(=O)CNC(=O)CCN1C(=O)C=CC1=O. The number of amides is 3. The number of allylic oxidation sites excluding steroid dienone is 4. The number of imide groups is 1. The highest BCUT2D eigenvalue weighted by molar-refractivity contribution is 6.13. The fourth-order valence-corrected chi connectivity index (χ4v) is 8.64. The number of nitrogens with one attached hydrogen (secondary N) is 1. The molecule has 0 aromatic carbocycles. The Hall–Kier alpha value is -3.48. The minimum Gasteiger partial charge on any atom is -0.456 e. The first kappa shape index (κ1) is 31.0. The number of hydrogen-bond acceptors (Lipinski definition) is 10. The molecule has 0 aromatic rings. The van der Waals surface area contributed by atoms with E-state index < -0.39 is 72.0 Å². The molecule has 0 radical (unpaired) electrons. The quantitative estimate of drug-likeness (QED) is 0.182. The maximum absolute atomic E-state index is 13.7. The Kier molecular flexibility index (Phi) is 8.32. The van der Waals surface area contributed by atoms with Gasteiger partial charge in [-0.25, -0.2) is 0 Å². The van der Waals surface area contributed by atoms with Gasteiger partial charge in [0.2, 0.25) is 11.7 Å². The van der Waals surface area contributed by atoms with Gasteiger partial charge in [-0.3, -0.25) is 33.7 Å². The first-order chi connectivity index (χ1) is 20.4. The third kappa shape index (κ3) is 5.19. The van der Waals surface area contributed by atoms with E-state index in [1.54, 1.807) is 12.2 Å². The van der Waals surface area contributed by atoms with E-state index in [0.29, 0.717) is 12.8 Å². The fourth-order valence-electron chi connectivity index (χ4n) is 8.64. The van der Waals surface area contributed by atoms with Gasteiger partial charge in [0.05, 0.1) is 6.10 Å². The Bertz CT molecular complexity index is 1320. The fraction of sp³-hybridized carbons (Fsp3) is 0.613. The predicted octanol–water partition coefficient (Wildman–Crippen LogP) is 0.514. The van der Waals surface area contributed by atoms with Crippen LogP contribution in [0.4, 0.5) is 0 Å². The van der Waals surface area contributed by atoms with E-state index in [9.17, 15) is 39.0 Å². The summed E-state index contributed by atoms with van der Waals surface area (Å²) in [6.07, 6.45) is 8.97. The van der Waals surface area contributed by atoms with Crippen molar-refractivity contribution in [3.05, 3.63) is 36.0 Å². The molecular weight excluding hydrogens is 560 g/mol. The van der Waals surface area contributed by atoms with Gasteiger partial charge in [-0.05, 0) is 56.1 Å². The lowest BCUT2D eigenvalue weighted by atomic mass is 9.46. The molecule has 43 heavy (non-hydrogen) atoms. The number of nitrogens with zero attached hydrogens (tertiary/aromatic N) is 1. The van der Waals surface area contributed by atoms with Crippen LogP contribution in [0.25, 0.3) is 0 Å². The Balaban J connectivity index is 1.22. The number of aliphatic hydroxyl groups is 2. The van der Waals surface area contributed by atoms with Gasteiger partial charge in [0.1, 0.15) is 18.9 Å². The van der Waals surface area contributed by atoms with Gasteiger partial charge in [-0.15, -0.1) is 0 Å². The van der Waals surface area contributed by atoms with E-state index in [1.165, 1.54) is 0 Å². The number of hydrogen-bond donors (Lipinski definition) is 3. The van der Waals surface area contributed by atoms with Crippen LogP contribution in [0, 0.1) is 28.6 Å². The van der Waals surface area contributed by atoms with Crippen LogP contribution in [0.15, 0.2) is 36.0 Å². The molecule has 12 nitrogen and oxygen atoms in total. The number of aliphatic hydroxyl groups excluding tert-OH is 2. The first-order valence-corrected chi connectivity index (χ1v) is 14.7. The monoisotopic (exact) mass is 598 g/mol. The first-order valence-electron chi connectivity index (χ1n) is 14.7. The summed E-state index contributed by atoms with van der Waals surface area (Å²) in [7, 11) is 0. The molecule has 7 unspecified atom stereocenters. The Morgan fingerprint density at radius 1 is 1.09 bits per heavy atom. The number of carbonyl (C=O) groups is 6. The van der Waals surface area contributed by atoms with Crippen molar-refractivity contribution in [1.29, 1.82) is 0 Å². The molecule has 232 valence electrons. The zero-order valence-electron chi connectivity index (χ0n) is 24.4. The van der Waals surface area contributed by atoms with Crippen LogP contribution >= 0.6 is 0 Å². The highest BCUT2D eigenvalue weighted by Gasteiger charge is 2.69. The van der Waals surface area contributed by atoms with E-state index in [4.69, 9.17) is 9.47 Å². The minimum atomic E-state index is -1.49. The van der Waals surface area contributed by atoms with E-state index in [1.807, 2.05) is 13.0 Å². The van der Waals surface area contributed by atoms with Gasteiger partial charge < -0.3 is 25.0 Å². The molecule has 3 fully saturated rings. The Labute approximate surface area is 249 Å². The molecule has 12 heteroatoms. The maximum Gasteiger partial charge on any atom is 0.325 e. The second kappa shape index (κ2) is 11.5. The van der Waals surface area contributed by atoms with Gasteiger partial charge in [-0.2, -0.15) is 0 Å². The summed E-state index contributed by atoms with van der Waals surface area (Å²) in [4.78, 5) is 74.4. The van der Waals surface area contributed by atoms with Crippen molar-refractivity contribution in [2.75, 3.05) is 26.5 Å². The van der Waals surface area contributed by atoms with Crippen LogP contribution in [-0.2, 0) is 38.2 Å². The maximum atomic E-state index is 13.7. The molecule has 1 heterocycles. The topological polar surface area (TPSA) is 177 Å². The summed E-state index contributed by atoms with van der Waals surface area (Å²) in [5, 5.41) is 23.8. The van der Waals surface area contributed by atoms with Crippen molar-refractivity contribution < 1.29 is 48.5 Å². The molecule has 3 amide bonds. The molecular formula is C31H38N2O10. The van der Waals surface area contributed by atoms with Gasteiger partial charge >= 0.3 is 5.97 Å². The van der Waals surface area contributed by atoms with Crippen molar-refractivity contribution in [2.45, 2.75) is 64.1 Å². The number of carbonyl (C=O) groups excluding carboxylic acids is 6. The highest BCUT2D eigenvalue weighted by atomic mass is 16.6. The van der Waals surface area contributed by atoms with Gasteiger partial charge in [0.25, 0.3) is 11.8 Å². The van der Waals surface area contributed by atoms with Crippen molar-refractivity contribution in [3.8, 4) is 0 Å². The van der Waals surface area contributed by atoms with Crippen LogP contribution < -0.4 is 5.32 Å². The van der Waals surface area contributed by atoms with E-state index in [-0.39, 0.29) is 49.3 Å². The molecule has 5 rings (SSSR count). The average Bonchev–Trinajstić information content (AvgIpc) is 3.44. The summed E-state index contributed by atoms with van der Waals surface area (Å²) in [5.41, 5.74) is -1.79. The third-order valence-corrected chi connectivity index (χ3v) is 10.6. The molecule has 5 aliphatic rings. The van der Waals surface area contributed by atoms with Crippen molar-refractivity contribution in [3.63, 3.8) is 0 Å². The number of ether oxygens (including phenoxy) is 2. The summed E-state index contributed by atoms with van der Waals surface area (Å²) in [6.45, 7) is 1.94. The standard InChI is InChI=1S/C31H38N2O10/c1-29-10-7-19(35)13-18(29)3-4-20-21-8-11-31(43-17-34,30(21,2)14-22(36)28(20)29)23(37)16-42-27(41)15-32-24(38)9-12-33-25(39)5-6-26(33)40/h5-7,10,13,20-22,28,34,36H,3-4,8-9,11-12,14-17H2,1-2H3,(H,32,38). The van der Waals surface area contributed by atoms with E-state index in [2.05, 4.69) is 12.2 Å². The third-order valence-electron chi connectivity index (χ3n) is 10.6.